The predicted octanol–water partition coefficient (Wildman–Crippen LogP) is 1.15. The molecule has 0 spiro atoms. The van der Waals surface area contributed by atoms with Crippen LogP contribution in [-0.4, -0.2) is 23.4 Å². The van der Waals surface area contributed by atoms with Gasteiger partial charge in [0.25, 0.3) is 5.91 Å². The molecule has 6 heteroatoms. The molecular formula is C12H20NO5. The normalized spacial score (nSPS) is 12.5. The molecule has 0 aliphatic heterocycles. The van der Waals surface area contributed by atoms with Gasteiger partial charge in [-0.15, -0.1) is 0 Å². The first kappa shape index (κ1) is 16.4. The molecule has 0 fully saturated rings. The Labute approximate surface area is 107 Å². The second-order valence-corrected chi connectivity index (χ2v) is 4.88. The van der Waals surface area contributed by atoms with Crippen molar-refractivity contribution in [2.75, 3.05) is 0 Å². The van der Waals surface area contributed by atoms with E-state index in [4.69, 9.17) is 4.74 Å². The quantitative estimate of drug-likeness (QED) is 0.604. The molecule has 18 heavy (non-hydrogen) atoms. The number of carbonyl (C=O) groups is 3. The van der Waals surface area contributed by atoms with Gasteiger partial charge in [-0.2, -0.15) is 5.48 Å². The van der Waals surface area contributed by atoms with E-state index in [9.17, 15) is 14.4 Å². The van der Waals surface area contributed by atoms with Gasteiger partial charge in [-0.3, -0.25) is 14.4 Å². The number of esters is 1. The van der Waals surface area contributed by atoms with Crippen LogP contribution in [0.4, 0.5) is 0 Å². The maximum absolute atomic E-state index is 11.6. The van der Waals surface area contributed by atoms with E-state index in [1.807, 2.05) is 5.48 Å². The van der Waals surface area contributed by atoms with Crippen molar-refractivity contribution < 1.29 is 24.0 Å². The van der Waals surface area contributed by atoms with Crippen molar-refractivity contribution in [1.82, 2.24) is 5.48 Å². The third-order valence-corrected chi connectivity index (χ3v) is 1.74. The fourth-order valence-electron chi connectivity index (χ4n) is 0.945. The minimum Gasteiger partial charge on any atom is -0.460 e. The van der Waals surface area contributed by atoms with Crippen molar-refractivity contribution in [3.05, 3.63) is 6.42 Å². The summed E-state index contributed by atoms with van der Waals surface area (Å²) in [6.45, 7) is 8.11. The highest BCUT2D eigenvalue weighted by atomic mass is 16.7. The van der Waals surface area contributed by atoms with Crippen molar-refractivity contribution in [2.45, 2.75) is 46.6 Å². The smallest absolute Gasteiger partial charge is 0.329 e. The minimum atomic E-state index is -0.608. The Hall–Kier alpha value is -1.59. The van der Waals surface area contributed by atoms with E-state index in [0.29, 0.717) is 0 Å². The minimum absolute atomic E-state index is 0.0340. The molecule has 0 aliphatic rings. The van der Waals surface area contributed by atoms with Crippen LogP contribution < -0.4 is 5.48 Å². The highest BCUT2D eigenvalue weighted by Crippen LogP contribution is 2.13. The van der Waals surface area contributed by atoms with Gasteiger partial charge >= 0.3 is 11.9 Å². The lowest BCUT2D eigenvalue weighted by Crippen LogP contribution is -2.30. The first-order valence-electron chi connectivity index (χ1n) is 5.64. The van der Waals surface area contributed by atoms with E-state index in [0.717, 1.165) is 0 Å². The molecule has 0 heterocycles. The van der Waals surface area contributed by atoms with Crippen LogP contribution in [0.3, 0.4) is 0 Å². The lowest BCUT2D eigenvalue weighted by atomic mass is 10.1. The van der Waals surface area contributed by atoms with Crippen LogP contribution >= 0.6 is 0 Å². The highest BCUT2D eigenvalue weighted by molar-refractivity contribution is 5.80. The SMILES string of the molecule is CC(=O)ONC(=O)C[CH]C(C)C(=O)OC(C)(C)C. The topological polar surface area (TPSA) is 81.7 Å². The lowest BCUT2D eigenvalue weighted by Gasteiger charge is -2.22. The van der Waals surface area contributed by atoms with E-state index in [2.05, 4.69) is 4.84 Å². The summed E-state index contributed by atoms with van der Waals surface area (Å²) in [5, 5.41) is 0. The zero-order valence-corrected chi connectivity index (χ0v) is 11.4. The molecule has 1 N–H and O–H groups in total. The molecule has 0 aromatic heterocycles. The third-order valence-electron chi connectivity index (χ3n) is 1.74. The maximum Gasteiger partial charge on any atom is 0.329 e. The van der Waals surface area contributed by atoms with Gasteiger partial charge in [0, 0.05) is 13.3 Å². The summed E-state index contributed by atoms with van der Waals surface area (Å²) in [5.41, 5.74) is 1.40. The fourth-order valence-corrected chi connectivity index (χ4v) is 0.945. The standard InChI is InChI=1S/C12H20NO5/c1-8(11(16)17-12(3,4)5)6-7-10(15)13-18-9(2)14/h6,8H,7H2,1-5H3,(H,13,15). The van der Waals surface area contributed by atoms with Crippen molar-refractivity contribution in [3.63, 3.8) is 0 Å². The molecule has 6 nitrogen and oxygen atoms in total. The first-order valence-corrected chi connectivity index (χ1v) is 5.64. The van der Waals surface area contributed by atoms with E-state index >= 15 is 0 Å². The second-order valence-electron chi connectivity index (χ2n) is 4.88. The summed E-state index contributed by atoms with van der Waals surface area (Å²) in [5.74, 6) is -2.01. The Bertz CT molecular complexity index is 319. The Morgan fingerprint density at radius 2 is 1.83 bits per heavy atom. The lowest BCUT2D eigenvalue weighted by molar-refractivity contribution is -0.159. The molecule has 0 aliphatic carbocycles. The number of amides is 1. The van der Waals surface area contributed by atoms with Crippen LogP contribution in [0.25, 0.3) is 0 Å². The summed E-state index contributed by atoms with van der Waals surface area (Å²) in [6, 6.07) is 0. The van der Waals surface area contributed by atoms with Gasteiger partial charge in [0.2, 0.25) is 0 Å². The molecular weight excluding hydrogens is 238 g/mol. The first-order chi connectivity index (χ1) is 8.11. The second kappa shape index (κ2) is 6.98. The van der Waals surface area contributed by atoms with Gasteiger partial charge in [0.05, 0.1) is 5.92 Å². The van der Waals surface area contributed by atoms with Crippen LogP contribution in [-0.2, 0) is 24.0 Å². The van der Waals surface area contributed by atoms with E-state index in [1.54, 1.807) is 27.7 Å². The molecule has 0 rings (SSSR count). The molecule has 103 valence electrons. The molecule has 0 saturated carbocycles. The largest absolute Gasteiger partial charge is 0.460 e. The zero-order chi connectivity index (χ0) is 14.3. The van der Waals surface area contributed by atoms with Gasteiger partial charge in [-0.1, -0.05) is 6.92 Å². The number of hydrogen-bond acceptors (Lipinski definition) is 5. The number of nitrogens with one attached hydrogen (secondary N) is 1. The molecule has 0 aromatic rings. The Morgan fingerprint density at radius 3 is 2.28 bits per heavy atom. The highest BCUT2D eigenvalue weighted by Gasteiger charge is 2.22. The van der Waals surface area contributed by atoms with Crippen LogP contribution in [0.15, 0.2) is 0 Å². The number of hydroxylamine groups is 1. The van der Waals surface area contributed by atoms with Crippen molar-refractivity contribution >= 4 is 17.8 Å². The molecule has 1 unspecified atom stereocenters. The molecule has 0 saturated heterocycles. The number of hydrogen-bond donors (Lipinski definition) is 1. The van der Waals surface area contributed by atoms with Gasteiger partial charge in [0.1, 0.15) is 5.60 Å². The van der Waals surface area contributed by atoms with E-state index < -0.39 is 29.4 Å². The molecule has 1 atom stereocenters. The molecule has 1 amide bonds. The van der Waals surface area contributed by atoms with Gasteiger partial charge in [-0.25, -0.2) is 0 Å². The summed E-state index contributed by atoms with van der Waals surface area (Å²) in [4.78, 5) is 37.5. The average molecular weight is 258 g/mol. The maximum atomic E-state index is 11.6. The fraction of sp³-hybridized carbons (Fsp3) is 0.667. The number of rotatable bonds is 4. The monoisotopic (exact) mass is 258 g/mol. The van der Waals surface area contributed by atoms with Gasteiger partial charge in [-0.05, 0) is 27.2 Å². The van der Waals surface area contributed by atoms with E-state index in [1.165, 1.54) is 13.3 Å². The zero-order valence-electron chi connectivity index (χ0n) is 11.4. The third kappa shape index (κ3) is 8.55. The van der Waals surface area contributed by atoms with Crippen LogP contribution in [0.1, 0.15) is 41.0 Å². The summed E-state index contributed by atoms with van der Waals surface area (Å²) >= 11 is 0. The van der Waals surface area contributed by atoms with Gasteiger partial charge in [0.15, 0.2) is 0 Å². The summed E-state index contributed by atoms with van der Waals surface area (Å²) < 4.78 is 5.14. The van der Waals surface area contributed by atoms with Crippen LogP contribution in [0.2, 0.25) is 0 Å². The summed E-state index contributed by atoms with van der Waals surface area (Å²) in [7, 11) is 0. The van der Waals surface area contributed by atoms with Crippen LogP contribution in [0.5, 0.6) is 0 Å². The summed E-state index contributed by atoms with van der Waals surface area (Å²) in [6.07, 6.45) is 1.46. The molecule has 0 bridgehead atoms. The van der Waals surface area contributed by atoms with Crippen molar-refractivity contribution in [2.24, 2.45) is 5.92 Å². The average Bonchev–Trinajstić information content (AvgIpc) is 2.20. The molecule has 1 radical (unpaired) electrons. The van der Waals surface area contributed by atoms with E-state index in [-0.39, 0.29) is 6.42 Å². The van der Waals surface area contributed by atoms with Crippen LogP contribution in [0, 0.1) is 12.3 Å². The Balaban J connectivity index is 3.95. The Morgan fingerprint density at radius 1 is 1.28 bits per heavy atom. The number of carbonyl (C=O) groups excluding carboxylic acids is 3. The predicted molar refractivity (Wildman–Crippen MR) is 63.8 cm³/mol. The van der Waals surface area contributed by atoms with Crippen molar-refractivity contribution in [3.8, 4) is 0 Å². The van der Waals surface area contributed by atoms with Gasteiger partial charge < -0.3 is 9.57 Å². The number of ether oxygens (including phenoxy) is 1. The Kier molecular flexibility index (Phi) is 6.36. The molecule has 0 aromatic carbocycles. The van der Waals surface area contributed by atoms with Crippen molar-refractivity contribution in [1.29, 1.82) is 0 Å².